The molecule has 1 fully saturated rings. The fraction of sp³-hybridized carbons (Fsp3) is 1.00. The number of rotatable bonds is 7. The third-order valence-electron chi connectivity index (χ3n) is 4.05. The van der Waals surface area contributed by atoms with Crippen molar-refractivity contribution in [3.05, 3.63) is 0 Å². The maximum atomic E-state index is 11.9. The van der Waals surface area contributed by atoms with Gasteiger partial charge in [0.2, 0.25) is 0 Å². The van der Waals surface area contributed by atoms with Crippen molar-refractivity contribution in [3.8, 4) is 0 Å². The molecule has 0 amide bonds. The van der Waals surface area contributed by atoms with E-state index in [1.807, 2.05) is 0 Å². The molecule has 0 heterocycles. The van der Waals surface area contributed by atoms with Crippen LogP contribution in [0.4, 0.5) is 0 Å². The molecule has 1 N–H and O–H groups in total. The molecule has 0 aromatic rings. The van der Waals surface area contributed by atoms with E-state index in [9.17, 15) is 8.42 Å². The monoisotopic (exact) mass is 261 g/mol. The summed E-state index contributed by atoms with van der Waals surface area (Å²) in [5.41, 5.74) is 0.248. The first-order valence-corrected chi connectivity index (χ1v) is 8.56. The lowest BCUT2D eigenvalue weighted by Crippen LogP contribution is -2.34. The smallest absolute Gasteiger partial charge is 0.152 e. The Morgan fingerprint density at radius 2 is 1.82 bits per heavy atom. The van der Waals surface area contributed by atoms with E-state index >= 15 is 0 Å². The van der Waals surface area contributed by atoms with Crippen LogP contribution >= 0.6 is 0 Å². The Balaban J connectivity index is 2.56. The minimum atomic E-state index is -2.88. The molecule has 0 aromatic carbocycles. The lowest BCUT2D eigenvalue weighted by molar-refractivity contribution is 0.272. The Labute approximate surface area is 106 Å². The summed E-state index contributed by atoms with van der Waals surface area (Å²) in [6.45, 7) is 7.62. The number of hydrogen-bond donors (Lipinski definition) is 1. The van der Waals surface area contributed by atoms with E-state index in [4.69, 9.17) is 0 Å². The van der Waals surface area contributed by atoms with Crippen LogP contribution in [0.3, 0.4) is 0 Å². The predicted octanol–water partition coefficient (Wildman–Crippen LogP) is 2.37. The number of nitrogens with one attached hydrogen (secondary N) is 1. The Hall–Kier alpha value is -0.0900. The van der Waals surface area contributed by atoms with Crippen molar-refractivity contribution in [2.24, 2.45) is 5.41 Å². The predicted molar refractivity (Wildman–Crippen MR) is 73.0 cm³/mol. The van der Waals surface area contributed by atoms with Crippen molar-refractivity contribution in [2.45, 2.75) is 58.1 Å². The summed E-state index contributed by atoms with van der Waals surface area (Å²) in [6.07, 6.45) is 5.72. The maximum Gasteiger partial charge on any atom is 0.152 e. The lowest BCUT2D eigenvalue weighted by atomic mass is 9.83. The van der Waals surface area contributed by atoms with Gasteiger partial charge >= 0.3 is 0 Å². The summed E-state index contributed by atoms with van der Waals surface area (Å²) in [7, 11) is -2.88. The Morgan fingerprint density at radius 1 is 1.24 bits per heavy atom. The molecular weight excluding hydrogens is 234 g/mol. The highest BCUT2D eigenvalue weighted by molar-refractivity contribution is 7.91. The lowest BCUT2D eigenvalue weighted by Gasteiger charge is -2.29. The van der Waals surface area contributed by atoms with Crippen molar-refractivity contribution in [2.75, 3.05) is 18.8 Å². The van der Waals surface area contributed by atoms with Crippen LogP contribution < -0.4 is 5.32 Å². The van der Waals surface area contributed by atoms with E-state index in [-0.39, 0.29) is 10.7 Å². The van der Waals surface area contributed by atoms with E-state index in [0.29, 0.717) is 5.75 Å². The second-order valence-corrected chi connectivity index (χ2v) is 8.33. The summed E-state index contributed by atoms with van der Waals surface area (Å²) < 4.78 is 23.8. The average Bonchev–Trinajstić information content (AvgIpc) is 2.73. The van der Waals surface area contributed by atoms with E-state index in [2.05, 4.69) is 12.2 Å². The van der Waals surface area contributed by atoms with Crippen LogP contribution in [0.5, 0.6) is 0 Å². The molecule has 102 valence electrons. The molecular formula is C13H27NO2S. The van der Waals surface area contributed by atoms with Crippen LogP contribution in [0, 0.1) is 5.41 Å². The molecule has 0 aromatic heterocycles. The van der Waals surface area contributed by atoms with Gasteiger partial charge in [0, 0.05) is 6.54 Å². The fourth-order valence-corrected chi connectivity index (χ4v) is 3.81. The molecule has 1 aliphatic carbocycles. The fourth-order valence-electron chi connectivity index (χ4n) is 2.62. The standard InChI is InChI=1S/C13H27NO2S/c1-4-14-11-13(7-5-6-8-13)9-10-17(15,16)12(2)3/h12,14H,4-11H2,1-3H3. The Bertz CT molecular complexity index is 316. The second kappa shape index (κ2) is 6.19. The van der Waals surface area contributed by atoms with Crippen molar-refractivity contribution >= 4 is 9.84 Å². The number of sulfone groups is 1. The van der Waals surface area contributed by atoms with Crippen LogP contribution in [0.2, 0.25) is 0 Å². The molecule has 17 heavy (non-hydrogen) atoms. The summed E-state index contributed by atoms with van der Waals surface area (Å²) in [6, 6.07) is 0. The van der Waals surface area contributed by atoms with Crippen molar-refractivity contribution in [1.82, 2.24) is 5.32 Å². The topological polar surface area (TPSA) is 46.2 Å². The maximum absolute atomic E-state index is 11.9. The van der Waals surface area contributed by atoms with E-state index in [1.54, 1.807) is 13.8 Å². The zero-order valence-corrected chi connectivity index (χ0v) is 12.3. The van der Waals surface area contributed by atoms with Crippen LogP contribution in [0.1, 0.15) is 52.9 Å². The van der Waals surface area contributed by atoms with Gasteiger partial charge in [-0.15, -0.1) is 0 Å². The highest BCUT2D eigenvalue weighted by atomic mass is 32.2. The summed E-state index contributed by atoms with van der Waals surface area (Å²) in [4.78, 5) is 0. The highest BCUT2D eigenvalue weighted by Gasteiger charge is 2.34. The Morgan fingerprint density at radius 3 is 2.29 bits per heavy atom. The van der Waals surface area contributed by atoms with Gasteiger partial charge in [0.1, 0.15) is 0 Å². The number of hydrogen-bond acceptors (Lipinski definition) is 3. The minimum Gasteiger partial charge on any atom is -0.316 e. The molecule has 0 bridgehead atoms. The molecule has 0 saturated heterocycles. The van der Waals surface area contributed by atoms with Gasteiger partial charge in [-0.3, -0.25) is 0 Å². The molecule has 0 unspecified atom stereocenters. The van der Waals surface area contributed by atoms with Crippen LogP contribution in [0.25, 0.3) is 0 Å². The molecule has 1 aliphatic rings. The van der Waals surface area contributed by atoms with Crippen LogP contribution in [-0.2, 0) is 9.84 Å². The van der Waals surface area contributed by atoms with E-state index < -0.39 is 9.84 Å². The van der Waals surface area contributed by atoms with Gasteiger partial charge in [0.25, 0.3) is 0 Å². The highest BCUT2D eigenvalue weighted by Crippen LogP contribution is 2.41. The quantitative estimate of drug-likeness (QED) is 0.765. The van der Waals surface area contributed by atoms with Gasteiger partial charge in [-0.1, -0.05) is 19.8 Å². The van der Waals surface area contributed by atoms with Gasteiger partial charge in [-0.05, 0) is 45.1 Å². The SMILES string of the molecule is CCNCC1(CCS(=O)(=O)C(C)C)CCCC1. The molecule has 1 saturated carbocycles. The molecule has 4 heteroatoms. The van der Waals surface area contributed by atoms with Gasteiger partial charge < -0.3 is 5.32 Å². The molecule has 3 nitrogen and oxygen atoms in total. The van der Waals surface area contributed by atoms with E-state index in [0.717, 1.165) is 19.5 Å². The third kappa shape index (κ3) is 4.25. The van der Waals surface area contributed by atoms with Crippen molar-refractivity contribution in [1.29, 1.82) is 0 Å². The van der Waals surface area contributed by atoms with Crippen molar-refractivity contribution < 1.29 is 8.42 Å². The molecule has 0 atom stereocenters. The summed E-state index contributed by atoms with van der Waals surface area (Å²) >= 11 is 0. The first-order valence-electron chi connectivity index (χ1n) is 6.84. The molecule has 0 spiro atoms. The summed E-state index contributed by atoms with van der Waals surface area (Å²) in [5, 5.41) is 3.17. The van der Waals surface area contributed by atoms with E-state index in [1.165, 1.54) is 25.7 Å². The summed E-state index contributed by atoms with van der Waals surface area (Å²) in [5.74, 6) is 0.357. The van der Waals surface area contributed by atoms with Gasteiger partial charge in [-0.2, -0.15) is 0 Å². The van der Waals surface area contributed by atoms with Crippen LogP contribution in [-0.4, -0.2) is 32.5 Å². The second-order valence-electron chi connectivity index (χ2n) is 5.65. The van der Waals surface area contributed by atoms with Crippen molar-refractivity contribution in [3.63, 3.8) is 0 Å². The normalized spacial score (nSPS) is 20.0. The first kappa shape index (κ1) is 15.0. The third-order valence-corrected chi connectivity index (χ3v) is 6.26. The van der Waals surface area contributed by atoms with Gasteiger partial charge in [0.15, 0.2) is 9.84 Å². The van der Waals surface area contributed by atoms with Gasteiger partial charge in [0.05, 0.1) is 11.0 Å². The minimum absolute atomic E-state index is 0.236. The molecule has 1 rings (SSSR count). The average molecular weight is 261 g/mol. The molecule has 0 aliphatic heterocycles. The first-order chi connectivity index (χ1) is 7.92. The van der Waals surface area contributed by atoms with Gasteiger partial charge in [-0.25, -0.2) is 8.42 Å². The zero-order chi connectivity index (χ0) is 12.9. The molecule has 0 radical (unpaired) electrons. The Kier molecular flexibility index (Phi) is 5.45. The largest absolute Gasteiger partial charge is 0.316 e. The zero-order valence-electron chi connectivity index (χ0n) is 11.5. The van der Waals surface area contributed by atoms with Crippen LogP contribution in [0.15, 0.2) is 0 Å².